The molecule has 0 heterocycles. The minimum absolute atomic E-state index is 0.0216. The number of hydrogen-bond acceptors (Lipinski definition) is 7. The van der Waals surface area contributed by atoms with E-state index in [1.807, 2.05) is 6.08 Å². The van der Waals surface area contributed by atoms with E-state index in [1.165, 1.54) is 57.8 Å². The molecule has 45 heavy (non-hydrogen) atoms. The molecule has 1 fully saturated rings. The quantitative estimate of drug-likeness (QED) is 0.0451. The highest BCUT2D eigenvalue weighted by molar-refractivity contribution is 5.79. The van der Waals surface area contributed by atoms with Gasteiger partial charge >= 0.3 is 0 Å². The summed E-state index contributed by atoms with van der Waals surface area (Å²) >= 11 is 0. The molecule has 0 aromatic carbocycles. The van der Waals surface area contributed by atoms with Crippen molar-refractivity contribution >= 4 is 11.7 Å². The summed E-state index contributed by atoms with van der Waals surface area (Å²) in [6.45, 7) is 3.97. The minimum atomic E-state index is -0.962. The molecule has 0 unspecified atom stereocenters. The monoisotopic (exact) mass is 637 g/mol. The topological polar surface area (TPSA) is 147 Å². The Kier molecular flexibility index (Phi) is 24.4. The van der Waals surface area contributed by atoms with E-state index in [9.17, 15) is 35.1 Å². The van der Waals surface area contributed by atoms with Crippen LogP contribution in [-0.4, -0.2) is 74.3 Å². The molecular formula is C37H67NO7. The van der Waals surface area contributed by atoms with E-state index in [-0.39, 0.29) is 55.8 Å². The van der Waals surface area contributed by atoms with Crippen molar-refractivity contribution in [3.63, 3.8) is 0 Å². The molecule has 0 saturated heterocycles. The molecule has 1 aliphatic rings. The zero-order valence-electron chi connectivity index (χ0n) is 28.5. The molecule has 8 nitrogen and oxygen atoms in total. The van der Waals surface area contributed by atoms with Crippen LogP contribution in [-0.2, 0) is 9.59 Å². The number of aliphatic hydroxyl groups excluding tert-OH is 5. The summed E-state index contributed by atoms with van der Waals surface area (Å²) in [5.74, 6) is -1.06. The van der Waals surface area contributed by atoms with Crippen LogP contribution in [0.5, 0.6) is 0 Å². The van der Waals surface area contributed by atoms with Crippen LogP contribution in [0.1, 0.15) is 149 Å². The third kappa shape index (κ3) is 19.6. The number of carbonyl (C=O) groups excluding carboxylic acids is 2. The molecule has 7 atom stereocenters. The Morgan fingerprint density at radius 3 is 2.02 bits per heavy atom. The number of Topliss-reactive ketones (excluding diaryl/α,β-unsaturated/α-hetero) is 1. The SMILES string of the molecule is CCCCCCCCCCCC/C=C/[C@@H](O)[C@H](CO)NC(=O)CCCCC(=O)C[C@@H]1[C@@H](/C=C/[C@@H](O)CCCCC)[C@H](O)C[C@@H]1O. The van der Waals surface area contributed by atoms with Crippen molar-refractivity contribution in [1.29, 1.82) is 0 Å². The first kappa shape index (κ1) is 41.4. The van der Waals surface area contributed by atoms with E-state index in [0.29, 0.717) is 19.3 Å². The number of ketones is 1. The molecule has 1 saturated carbocycles. The second kappa shape index (κ2) is 26.5. The fourth-order valence-electron chi connectivity index (χ4n) is 6.23. The Morgan fingerprint density at radius 2 is 1.38 bits per heavy atom. The average Bonchev–Trinajstić information content (AvgIpc) is 3.28. The largest absolute Gasteiger partial charge is 0.394 e. The smallest absolute Gasteiger partial charge is 0.220 e. The molecule has 1 aliphatic carbocycles. The Hall–Kier alpha value is -1.58. The number of amides is 1. The molecule has 262 valence electrons. The Bertz CT molecular complexity index is 817. The summed E-state index contributed by atoms with van der Waals surface area (Å²) in [4.78, 5) is 25.1. The molecule has 1 rings (SSSR count). The summed E-state index contributed by atoms with van der Waals surface area (Å²) in [5, 5.41) is 53.9. The van der Waals surface area contributed by atoms with Gasteiger partial charge in [-0.1, -0.05) is 115 Å². The van der Waals surface area contributed by atoms with Gasteiger partial charge in [-0.3, -0.25) is 9.59 Å². The minimum Gasteiger partial charge on any atom is -0.394 e. The summed E-state index contributed by atoms with van der Waals surface area (Å²) < 4.78 is 0. The first-order chi connectivity index (χ1) is 21.7. The average molecular weight is 638 g/mol. The third-order valence-corrected chi connectivity index (χ3v) is 9.16. The fourth-order valence-corrected chi connectivity index (χ4v) is 6.23. The third-order valence-electron chi connectivity index (χ3n) is 9.16. The van der Waals surface area contributed by atoms with Gasteiger partial charge in [0.25, 0.3) is 0 Å². The van der Waals surface area contributed by atoms with Crippen LogP contribution in [0.25, 0.3) is 0 Å². The van der Waals surface area contributed by atoms with E-state index in [4.69, 9.17) is 0 Å². The van der Waals surface area contributed by atoms with E-state index in [2.05, 4.69) is 19.2 Å². The van der Waals surface area contributed by atoms with Crippen LogP contribution in [0.2, 0.25) is 0 Å². The molecule has 6 N–H and O–H groups in total. The second-order valence-corrected chi connectivity index (χ2v) is 13.3. The lowest BCUT2D eigenvalue weighted by atomic mass is 9.87. The van der Waals surface area contributed by atoms with Gasteiger partial charge in [-0.05, 0) is 32.1 Å². The van der Waals surface area contributed by atoms with Crippen LogP contribution in [0.4, 0.5) is 0 Å². The molecule has 0 spiro atoms. The van der Waals surface area contributed by atoms with Crippen LogP contribution in [0, 0.1) is 11.8 Å². The van der Waals surface area contributed by atoms with Crippen LogP contribution < -0.4 is 5.32 Å². The van der Waals surface area contributed by atoms with Crippen LogP contribution in [0.3, 0.4) is 0 Å². The van der Waals surface area contributed by atoms with Crippen molar-refractivity contribution in [2.24, 2.45) is 11.8 Å². The zero-order chi connectivity index (χ0) is 33.3. The highest BCUT2D eigenvalue weighted by Gasteiger charge is 2.41. The predicted molar refractivity (Wildman–Crippen MR) is 182 cm³/mol. The number of allylic oxidation sites excluding steroid dienone is 1. The molecule has 1 amide bonds. The Balaban J connectivity index is 2.27. The number of unbranched alkanes of at least 4 members (excludes halogenated alkanes) is 13. The summed E-state index contributed by atoms with van der Waals surface area (Å²) in [6.07, 6.45) is 23.1. The number of carbonyl (C=O) groups is 2. The number of rotatable bonds is 28. The first-order valence-electron chi connectivity index (χ1n) is 18.2. The van der Waals surface area contributed by atoms with Gasteiger partial charge in [-0.25, -0.2) is 0 Å². The summed E-state index contributed by atoms with van der Waals surface area (Å²) in [7, 11) is 0. The van der Waals surface area contributed by atoms with Gasteiger partial charge < -0.3 is 30.8 Å². The highest BCUT2D eigenvalue weighted by Crippen LogP contribution is 2.36. The van der Waals surface area contributed by atoms with Crippen molar-refractivity contribution in [3.8, 4) is 0 Å². The maximum atomic E-state index is 12.7. The van der Waals surface area contributed by atoms with Gasteiger partial charge in [0.1, 0.15) is 5.78 Å². The van der Waals surface area contributed by atoms with Gasteiger partial charge in [0, 0.05) is 37.5 Å². The van der Waals surface area contributed by atoms with Crippen molar-refractivity contribution in [3.05, 3.63) is 24.3 Å². The first-order valence-corrected chi connectivity index (χ1v) is 18.2. The lowest BCUT2D eigenvalue weighted by molar-refractivity contribution is -0.124. The Labute approximate surface area is 273 Å². The van der Waals surface area contributed by atoms with Crippen molar-refractivity contribution in [2.75, 3.05) is 6.61 Å². The van der Waals surface area contributed by atoms with Crippen LogP contribution >= 0.6 is 0 Å². The van der Waals surface area contributed by atoms with Gasteiger partial charge in [-0.15, -0.1) is 0 Å². The van der Waals surface area contributed by atoms with E-state index >= 15 is 0 Å². The molecule has 0 bridgehead atoms. The van der Waals surface area contributed by atoms with Crippen molar-refractivity contribution in [2.45, 2.75) is 179 Å². The highest BCUT2D eigenvalue weighted by atomic mass is 16.3. The van der Waals surface area contributed by atoms with E-state index in [0.717, 1.165) is 32.1 Å². The van der Waals surface area contributed by atoms with Gasteiger partial charge in [0.15, 0.2) is 0 Å². The van der Waals surface area contributed by atoms with Gasteiger partial charge in [-0.2, -0.15) is 0 Å². The molecule has 0 aromatic rings. The maximum Gasteiger partial charge on any atom is 0.220 e. The molecule has 8 heteroatoms. The maximum absolute atomic E-state index is 12.7. The van der Waals surface area contributed by atoms with Gasteiger partial charge in [0.2, 0.25) is 5.91 Å². The summed E-state index contributed by atoms with van der Waals surface area (Å²) in [6, 6.07) is -0.770. The standard InChI is InChI=1S/C37H67NO7/c1-3-5-7-8-9-10-11-12-13-14-15-17-22-34(42)33(28-39)38-37(45)23-19-18-21-30(41)26-32-31(35(43)27-36(32)44)25-24-29(40)20-16-6-4-2/h17,22,24-25,29,31-36,39-40,42-44H,3-16,18-21,23,26-28H2,1-2H3,(H,38,45)/b22-17+,25-24+/t29-,31+,32+,33-,34+,35+,36-/m0/s1. The lowest BCUT2D eigenvalue weighted by Crippen LogP contribution is -2.45. The lowest BCUT2D eigenvalue weighted by Gasteiger charge is -2.21. The molecular weight excluding hydrogens is 570 g/mol. The van der Waals surface area contributed by atoms with E-state index in [1.54, 1.807) is 18.2 Å². The fraction of sp³-hybridized carbons (Fsp3) is 0.838. The number of hydrogen-bond donors (Lipinski definition) is 6. The van der Waals surface area contributed by atoms with Gasteiger partial charge in [0.05, 0.1) is 37.1 Å². The van der Waals surface area contributed by atoms with Crippen molar-refractivity contribution < 1.29 is 35.1 Å². The number of aliphatic hydroxyl groups is 5. The molecule has 0 radical (unpaired) electrons. The summed E-state index contributed by atoms with van der Waals surface area (Å²) in [5.41, 5.74) is 0. The molecule has 0 aromatic heterocycles. The predicted octanol–water partition coefficient (Wildman–Crippen LogP) is 6.07. The van der Waals surface area contributed by atoms with Crippen LogP contribution in [0.15, 0.2) is 24.3 Å². The Morgan fingerprint density at radius 1 is 0.778 bits per heavy atom. The zero-order valence-corrected chi connectivity index (χ0v) is 28.5. The second-order valence-electron chi connectivity index (χ2n) is 13.3. The normalized spacial score (nSPS) is 22.3. The van der Waals surface area contributed by atoms with Crippen molar-refractivity contribution in [1.82, 2.24) is 5.32 Å². The number of nitrogens with one attached hydrogen (secondary N) is 1. The van der Waals surface area contributed by atoms with E-state index < -0.39 is 30.5 Å². The molecule has 0 aliphatic heterocycles.